The number of halogens is 3. The number of carbonyl (C=O) groups is 3. The molecule has 4 nitrogen and oxygen atoms in total. The van der Waals surface area contributed by atoms with Crippen molar-refractivity contribution in [1.82, 2.24) is 0 Å². The minimum Gasteiger partial charge on any atom is -0.352 e. The maximum atomic E-state index is 14.6. The molecule has 0 bridgehead atoms. The van der Waals surface area contributed by atoms with E-state index in [9.17, 15) is 23.2 Å². The Bertz CT molecular complexity index is 1750. The molecule has 196 valence electrons. The first-order valence-electron chi connectivity index (χ1n) is 12.8. The number of hydrogen-bond acceptors (Lipinski definition) is 4. The second kappa shape index (κ2) is 8.80. The molecule has 0 N–H and O–H groups in total. The molecule has 0 saturated carbocycles. The van der Waals surface area contributed by atoms with Crippen LogP contribution in [-0.4, -0.2) is 29.4 Å². The fourth-order valence-electron chi connectivity index (χ4n) is 6.81. The summed E-state index contributed by atoms with van der Waals surface area (Å²) >= 11 is 6.50. The van der Waals surface area contributed by atoms with Gasteiger partial charge in [-0.2, -0.15) is 0 Å². The summed E-state index contributed by atoms with van der Waals surface area (Å²) in [5.74, 6) is -3.15. The molecular weight excluding hydrogens is 532 g/mol. The van der Waals surface area contributed by atoms with E-state index in [0.717, 1.165) is 0 Å². The maximum absolute atomic E-state index is 14.6. The third-order valence-electron chi connectivity index (χ3n) is 8.40. The summed E-state index contributed by atoms with van der Waals surface area (Å²) in [6, 6.07) is 21.0. The van der Waals surface area contributed by atoms with Crippen molar-refractivity contribution in [3.63, 3.8) is 0 Å². The molecule has 1 aliphatic carbocycles. The molecule has 2 heterocycles. The molecule has 0 aromatic heterocycles. The molecule has 3 atom stereocenters. The van der Waals surface area contributed by atoms with Crippen molar-refractivity contribution in [3.8, 4) is 0 Å². The first-order chi connectivity index (χ1) is 19.3. The Balaban J connectivity index is 1.56. The minimum atomic E-state index is -1.73. The molecule has 4 aromatic rings. The van der Waals surface area contributed by atoms with Crippen LogP contribution in [0.2, 0.25) is 5.02 Å². The van der Waals surface area contributed by atoms with E-state index in [1.807, 2.05) is 0 Å². The lowest BCUT2D eigenvalue weighted by Gasteiger charge is -2.37. The Morgan fingerprint density at radius 1 is 0.800 bits per heavy atom. The molecule has 1 spiro atoms. The Labute approximate surface area is 233 Å². The number of carbonyl (C=O) groups excluding carboxylic acids is 3. The van der Waals surface area contributed by atoms with Crippen LogP contribution in [0.1, 0.15) is 48.1 Å². The van der Waals surface area contributed by atoms with Crippen molar-refractivity contribution in [1.29, 1.82) is 0 Å². The van der Waals surface area contributed by atoms with Gasteiger partial charge in [-0.15, -0.1) is 0 Å². The van der Waals surface area contributed by atoms with Gasteiger partial charge in [0.1, 0.15) is 23.1 Å². The zero-order chi connectivity index (χ0) is 27.8. The fourth-order valence-corrected chi connectivity index (χ4v) is 7.04. The second-order valence-corrected chi connectivity index (χ2v) is 10.7. The summed E-state index contributed by atoms with van der Waals surface area (Å²) < 4.78 is 28.4. The average Bonchev–Trinajstić information content (AvgIpc) is 3.39. The van der Waals surface area contributed by atoms with Crippen LogP contribution in [0.5, 0.6) is 0 Å². The zero-order valence-electron chi connectivity index (χ0n) is 20.9. The number of ketones is 3. The first-order valence-corrected chi connectivity index (χ1v) is 13.2. The predicted octanol–water partition coefficient (Wildman–Crippen LogP) is 6.93. The first kappa shape index (κ1) is 24.6. The van der Waals surface area contributed by atoms with E-state index in [4.69, 9.17) is 11.6 Å². The van der Waals surface area contributed by atoms with Gasteiger partial charge in [0.05, 0.1) is 11.1 Å². The van der Waals surface area contributed by atoms with Crippen LogP contribution in [0, 0.1) is 17.0 Å². The van der Waals surface area contributed by atoms with Crippen LogP contribution in [-0.2, 0) is 0 Å². The molecule has 1 fully saturated rings. The van der Waals surface area contributed by atoms with E-state index >= 15 is 0 Å². The van der Waals surface area contributed by atoms with E-state index < -0.39 is 52.4 Å². The van der Waals surface area contributed by atoms with Gasteiger partial charge in [0.2, 0.25) is 0 Å². The summed E-state index contributed by atoms with van der Waals surface area (Å²) in [5, 5.41) is 0.224. The SMILES string of the molecule is O=C(c1ccccc1Cl)[C@@H]1[C@@H](c2ccc(F)cc2)C2(C(=O)c3ccccc3C2=O)[C@H]2C=Cc3cc(F)ccc3N12. The highest BCUT2D eigenvalue weighted by atomic mass is 35.5. The largest absolute Gasteiger partial charge is 0.352 e. The molecule has 3 aliphatic rings. The number of hydrogen-bond donors (Lipinski definition) is 0. The third-order valence-corrected chi connectivity index (χ3v) is 8.73. The molecule has 0 amide bonds. The van der Waals surface area contributed by atoms with Crippen molar-refractivity contribution in [2.75, 3.05) is 4.90 Å². The molecular formula is C33H20ClF2NO3. The number of rotatable bonds is 3. The summed E-state index contributed by atoms with van der Waals surface area (Å²) in [4.78, 5) is 45.4. The monoisotopic (exact) mass is 551 g/mol. The van der Waals surface area contributed by atoms with Crippen molar-refractivity contribution in [3.05, 3.63) is 142 Å². The van der Waals surface area contributed by atoms with Crippen LogP contribution in [0.15, 0.2) is 97.1 Å². The number of Topliss-reactive ketones (excluding diaryl/α,β-unsaturated/α-hetero) is 3. The van der Waals surface area contributed by atoms with E-state index in [1.165, 1.54) is 36.4 Å². The fraction of sp³-hybridized carbons (Fsp3) is 0.121. The van der Waals surface area contributed by atoms with Gasteiger partial charge in [-0.3, -0.25) is 14.4 Å². The van der Waals surface area contributed by atoms with Crippen LogP contribution >= 0.6 is 11.6 Å². The molecule has 4 aromatic carbocycles. The molecule has 40 heavy (non-hydrogen) atoms. The Morgan fingerprint density at radius 2 is 1.43 bits per heavy atom. The lowest BCUT2D eigenvalue weighted by atomic mass is 9.64. The number of benzene rings is 4. The third kappa shape index (κ3) is 3.20. The summed E-state index contributed by atoms with van der Waals surface area (Å²) in [6.07, 6.45) is 3.40. The van der Waals surface area contributed by atoms with Gasteiger partial charge in [-0.25, -0.2) is 8.78 Å². The topological polar surface area (TPSA) is 54.5 Å². The van der Waals surface area contributed by atoms with E-state index in [2.05, 4.69) is 0 Å². The maximum Gasteiger partial charge on any atom is 0.187 e. The lowest BCUT2D eigenvalue weighted by molar-refractivity contribution is 0.0666. The van der Waals surface area contributed by atoms with Gasteiger partial charge in [-0.05, 0) is 48.0 Å². The Morgan fingerprint density at radius 3 is 2.10 bits per heavy atom. The molecule has 7 rings (SSSR count). The summed E-state index contributed by atoms with van der Waals surface area (Å²) in [5.41, 5.74) is 0.551. The minimum absolute atomic E-state index is 0.224. The van der Waals surface area contributed by atoms with Crippen molar-refractivity contribution < 1.29 is 23.2 Å². The van der Waals surface area contributed by atoms with E-state index in [-0.39, 0.29) is 21.7 Å². The zero-order valence-corrected chi connectivity index (χ0v) is 21.6. The quantitative estimate of drug-likeness (QED) is 0.204. The van der Waals surface area contributed by atoms with E-state index in [1.54, 1.807) is 71.6 Å². The van der Waals surface area contributed by atoms with Gasteiger partial charge in [0, 0.05) is 33.9 Å². The Hall–Kier alpha value is -4.42. The number of nitrogens with zero attached hydrogens (tertiary/aromatic N) is 1. The normalized spacial score (nSPS) is 21.9. The standard InChI is InChI=1S/C33H20ClF2NO3/c34-25-8-4-3-7-24(25)30(38)29-28(18-9-12-20(35)13-10-18)33(31(39)22-5-1-2-6-23(22)32(33)40)27-16-11-19-17-21(36)14-15-26(19)37(27)29/h1-17,27-29H/t27-,28-,29+/m1/s1. The molecule has 0 unspecified atom stereocenters. The van der Waals surface area contributed by atoms with Crippen LogP contribution in [0.25, 0.3) is 6.08 Å². The van der Waals surface area contributed by atoms with Gasteiger partial charge < -0.3 is 4.90 Å². The predicted molar refractivity (Wildman–Crippen MR) is 148 cm³/mol. The van der Waals surface area contributed by atoms with E-state index in [0.29, 0.717) is 16.8 Å². The number of anilines is 1. The van der Waals surface area contributed by atoms with Gasteiger partial charge in [0.25, 0.3) is 0 Å². The van der Waals surface area contributed by atoms with Crippen molar-refractivity contribution in [2.45, 2.75) is 18.0 Å². The highest BCUT2D eigenvalue weighted by molar-refractivity contribution is 6.35. The van der Waals surface area contributed by atoms with Crippen LogP contribution in [0.3, 0.4) is 0 Å². The van der Waals surface area contributed by atoms with Gasteiger partial charge in [0.15, 0.2) is 17.3 Å². The highest BCUT2D eigenvalue weighted by Crippen LogP contribution is 2.61. The van der Waals surface area contributed by atoms with Gasteiger partial charge >= 0.3 is 0 Å². The molecule has 2 aliphatic heterocycles. The molecule has 7 heteroatoms. The highest BCUT2D eigenvalue weighted by Gasteiger charge is 2.71. The van der Waals surface area contributed by atoms with Crippen molar-refractivity contribution in [2.24, 2.45) is 5.41 Å². The average molecular weight is 552 g/mol. The molecule has 1 saturated heterocycles. The Kier molecular flexibility index (Phi) is 5.41. The number of fused-ring (bicyclic) bond motifs is 5. The summed E-state index contributed by atoms with van der Waals surface area (Å²) in [6.45, 7) is 0. The van der Waals surface area contributed by atoms with Crippen LogP contribution < -0.4 is 4.90 Å². The van der Waals surface area contributed by atoms with Gasteiger partial charge in [-0.1, -0.05) is 72.3 Å². The van der Waals surface area contributed by atoms with Crippen molar-refractivity contribution >= 4 is 40.7 Å². The summed E-state index contributed by atoms with van der Waals surface area (Å²) in [7, 11) is 0. The molecule has 0 radical (unpaired) electrons. The van der Waals surface area contributed by atoms with Crippen LogP contribution in [0.4, 0.5) is 14.5 Å². The smallest absolute Gasteiger partial charge is 0.187 e. The lowest BCUT2D eigenvalue weighted by Crippen LogP contribution is -2.48. The second-order valence-electron chi connectivity index (χ2n) is 10.3.